The van der Waals surface area contributed by atoms with Crippen molar-refractivity contribution in [3.63, 3.8) is 0 Å². The number of halogens is 2. The maximum atomic E-state index is 13.7. The minimum absolute atomic E-state index is 0.254. The highest BCUT2D eigenvalue weighted by atomic mass is 19.1. The number of carbonyl (C=O) groups excluding carboxylic acids is 1. The molecule has 2 atom stereocenters. The summed E-state index contributed by atoms with van der Waals surface area (Å²) in [5, 5.41) is 6.12. The predicted molar refractivity (Wildman–Crippen MR) is 114 cm³/mol. The number of nitrogens with zero attached hydrogens (tertiary/aromatic N) is 1. The van der Waals surface area contributed by atoms with Gasteiger partial charge in [-0.3, -0.25) is 4.39 Å². The minimum Gasteiger partial charge on any atom is -0.497 e. The SMILES string of the molecule is COc1cc(CNC(=O)N(Cc2ccc(F)cc2)[C@H]2CCNC[C@H]2CF)cc(OC)c1. The summed E-state index contributed by atoms with van der Waals surface area (Å²) in [6, 6.07) is 10.9. The molecule has 0 aromatic heterocycles. The summed E-state index contributed by atoms with van der Waals surface area (Å²) in [6.07, 6.45) is 0.649. The fraction of sp³-hybridized carbons (Fsp3) is 0.435. The number of hydrogen-bond donors (Lipinski definition) is 2. The number of hydrogen-bond acceptors (Lipinski definition) is 4. The Hall–Kier alpha value is -2.87. The summed E-state index contributed by atoms with van der Waals surface area (Å²) < 4.78 is 37.6. The Morgan fingerprint density at radius 3 is 2.42 bits per heavy atom. The molecule has 1 aliphatic heterocycles. The highest BCUT2D eigenvalue weighted by molar-refractivity contribution is 5.74. The van der Waals surface area contributed by atoms with E-state index in [1.165, 1.54) is 12.1 Å². The lowest BCUT2D eigenvalue weighted by Gasteiger charge is -2.39. The molecule has 0 saturated carbocycles. The molecule has 1 heterocycles. The Bertz CT molecular complexity index is 841. The van der Waals surface area contributed by atoms with Crippen LogP contribution in [0, 0.1) is 11.7 Å². The molecule has 0 aliphatic carbocycles. The Morgan fingerprint density at radius 1 is 1.13 bits per heavy atom. The van der Waals surface area contributed by atoms with Gasteiger partial charge in [0.2, 0.25) is 0 Å². The number of ether oxygens (including phenoxy) is 2. The van der Waals surface area contributed by atoms with Gasteiger partial charge in [0, 0.05) is 37.7 Å². The number of nitrogens with one attached hydrogen (secondary N) is 2. The second-order valence-corrected chi connectivity index (χ2v) is 7.61. The molecule has 3 rings (SSSR count). The van der Waals surface area contributed by atoms with Crippen molar-refractivity contribution in [1.82, 2.24) is 15.5 Å². The number of methoxy groups -OCH3 is 2. The van der Waals surface area contributed by atoms with Crippen molar-refractivity contribution in [2.75, 3.05) is 34.0 Å². The molecule has 2 aromatic rings. The first-order chi connectivity index (χ1) is 15.0. The van der Waals surface area contributed by atoms with Gasteiger partial charge in [0.25, 0.3) is 0 Å². The first-order valence-corrected chi connectivity index (χ1v) is 10.3. The standard InChI is InChI=1S/C23H29F2N3O3/c1-30-20-9-17(10-21(11-20)31-2)13-27-23(29)28(15-16-3-5-19(25)6-4-16)22-7-8-26-14-18(22)12-24/h3-6,9-11,18,22,26H,7-8,12-15H2,1-2H3,(H,27,29)/t18-,22+/m1/s1. The molecule has 0 radical (unpaired) electrons. The normalized spacial score (nSPS) is 18.3. The number of benzene rings is 2. The van der Waals surface area contributed by atoms with Gasteiger partial charge >= 0.3 is 6.03 Å². The molecule has 1 aliphatic rings. The van der Waals surface area contributed by atoms with E-state index in [1.807, 2.05) is 12.1 Å². The van der Waals surface area contributed by atoms with Crippen LogP contribution in [0.3, 0.4) is 0 Å². The largest absolute Gasteiger partial charge is 0.497 e. The topological polar surface area (TPSA) is 62.8 Å². The zero-order chi connectivity index (χ0) is 22.2. The lowest BCUT2D eigenvalue weighted by atomic mass is 9.92. The van der Waals surface area contributed by atoms with Gasteiger partial charge in [-0.25, -0.2) is 9.18 Å². The van der Waals surface area contributed by atoms with Gasteiger partial charge in [-0.15, -0.1) is 0 Å². The molecule has 1 fully saturated rings. The van der Waals surface area contributed by atoms with Gasteiger partial charge in [-0.05, 0) is 48.4 Å². The summed E-state index contributed by atoms with van der Waals surface area (Å²) in [5.74, 6) is 0.623. The second-order valence-electron chi connectivity index (χ2n) is 7.61. The molecule has 8 heteroatoms. The summed E-state index contributed by atoms with van der Waals surface area (Å²) in [6.45, 7) is 1.24. The molecule has 0 bridgehead atoms. The fourth-order valence-electron chi connectivity index (χ4n) is 3.85. The third-order valence-corrected chi connectivity index (χ3v) is 5.55. The van der Waals surface area contributed by atoms with E-state index in [-0.39, 0.29) is 36.9 Å². The first-order valence-electron chi connectivity index (χ1n) is 10.3. The van der Waals surface area contributed by atoms with Gasteiger partial charge in [0.15, 0.2) is 0 Å². The van der Waals surface area contributed by atoms with E-state index in [0.29, 0.717) is 31.0 Å². The van der Waals surface area contributed by atoms with Crippen LogP contribution in [0.4, 0.5) is 13.6 Å². The minimum atomic E-state index is -0.516. The maximum Gasteiger partial charge on any atom is 0.318 e. The van der Waals surface area contributed by atoms with Gasteiger partial charge < -0.3 is 25.0 Å². The van der Waals surface area contributed by atoms with Crippen LogP contribution in [0.5, 0.6) is 11.5 Å². The van der Waals surface area contributed by atoms with E-state index in [4.69, 9.17) is 9.47 Å². The van der Waals surface area contributed by atoms with Crippen molar-refractivity contribution in [1.29, 1.82) is 0 Å². The first kappa shape index (κ1) is 22.8. The third kappa shape index (κ3) is 6.07. The molecule has 1 saturated heterocycles. The summed E-state index contributed by atoms with van der Waals surface area (Å²) in [4.78, 5) is 14.9. The molecule has 168 valence electrons. The molecular formula is C23H29F2N3O3. The maximum absolute atomic E-state index is 13.7. The van der Waals surface area contributed by atoms with E-state index in [1.54, 1.807) is 37.3 Å². The van der Waals surface area contributed by atoms with E-state index in [2.05, 4.69) is 10.6 Å². The van der Waals surface area contributed by atoms with Crippen LogP contribution in [0.1, 0.15) is 17.5 Å². The molecule has 2 aromatic carbocycles. The lowest BCUT2D eigenvalue weighted by molar-refractivity contribution is 0.108. The smallest absolute Gasteiger partial charge is 0.318 e. The van der Waals surface area contributed by atoms with Gasteiger partial charge in [0.1, 0.15) is 17.3 Å². The van der Waals surface area contributed by atoms with Crippen LogP contribution in [-0.2, 0) is 13.1 Å². The van der Waals surface area contributed by atoms with Gasteiger partial charge in [-0.2, -0.15) is 0 Å². The number of piperidine rings is 1. The zero-order valence-corrected chi connectivity index (χ0v) is 17.9. The monoisotopic (exact) mass is 433 g/mol. The van der Waals surface area contributed by atoms with Crippen molar-refractivity contribution in [2.24, 2.45) is 5.92 Å². The third-order valence-electron chi connectivity index (χ3n) is 5.55. The number of amides is 2. The van der Waals surface area contributed by atoms with Crippen LogP contribution in [0.15, 0.2) is 42.5 Å². The van der Waals surface area contributed by atoms with E-state index in [0.717, 1.165) is 11.1 Å². The summed E-state index contributed by atoms with van der Waals surface area (Å²) >= 11 is 0. The van der Waals surface area contributed by atoms with Crippen LogP contribution in [0.25, 0.3) is 0 Å². The van der Waals surface area contributed by atoms with Crippen LogP contribution < -0.4 is 20.1 Å². The van der Waals surface area contributed by atoms with E-state index < -0.39 is 6.67 Å². The van der Waals surface area contributed by atoms with Crippen molar-refractivity contribution < 1.29 is 23.0 Å². The molecule has 31 heavy (non-hydrogen) atoms. The van der Waals surface area contributed by atoms with Crippen molar-refractivity contribution in [2.45, 2.75) is 25.6 Å². The Balaban J connectivity index is 1.77. The summed E-state index contributed by atoms with van der Waals surface area (Å²) in [7, 11) is 3.13. The molecular weight excluding hydrogens is 404 g/mol. The number of alkyl halides is 1. The molecule has 2 amide bonds. The van der Waals surface area contributed by atoms with Crippen LogP contribution in [-0.4, -0.2) is 51.0 Å². The highest BCUT2D eigenvalue weighted by Crippen LogP contribution is 2.24. The van der Waals surface area contributed by atoms with Gasteiger partial charge in [-0.1, -0.05) is 12.1 Å². The fourth-order valence-corrected chi connectivity index (χ4v) is 3.85. The predicted octanol–water partition coefficient (Wildman–Crippen LogP) is 3.50. The van der Waals surface area contributed by atoms with Crippen molar-refractivity contribution in [3.05, 3.63) is 59.4 Å². The lowest BCUT2D eigenvalue weighted by Crippen LogP contribution is -2.54. The Labute approximate surface area is 181 Å². The van der Waals surface area contributed by atoms with Gasteiger partial charge in [0.05, 0.1) is 20.9 Å². The Morgan fingerprint density at radius 2 is 1.81 bits per heavy atom. The van der Waals surface area contributed by atoms with Crippen LogP contribution in [0.2, 0.25) is 0 Å². The zero-order valence-electron chi connectivity index (χ0n) is 17.9. The molecule has 0 unspecified atom stereocenters. The van der Waals surface area contributed by atoms with Crippen molar-refractivity contribution >= 4 is 6.03 Å². The molecule has 2 N–H and O–H groups in total. The van der Waals surface area contributed by atoms with E-state index >= 15 is 0 Å². The average Bonchev–Trinajstić information content (AvgIpc) is 2.81. The number of urea groups is 1. The highest BCUT2D eigenvalue weighted by Gasteiger charge is 2.33. The van der Waals surface area contributed by atoms with Crippen molar-refractivity contribution in [3.8, 4) is 11.5 Å². The Kier molecular flexibility index (Phi) is 8.06. The number of rotatable bonds is 8. The van der Waals surface area contributed by atoms with Crippen LogP contribution >= 0.6 is 0 Å². The average molecular weight is 433 g/mol. The molecule has 6 nitrogen and oxygen atoms in total. The number of carbonyl (C=O) groups is 1. The van der Waals surface area contributed by atoms with E-state index in [9.17, 15) is 13.6 Å². The summed E-state index contributed by atoms with van der Waals surface area (Å²) in [5.41, 5.74) is 1.61. The molecule has 0 spiro atoms. The quantitative estimate of drug-likeness (QED) is 0.669. The second kappa shape index (κ2) is 10.9.